The molecule has 0 bridgehead atoms. The van der Waals surface area contributed by atoms with Gasteiger partial charge in [-0.15, -0.1) is 0 Å². The number of rotatable bonds is 7. The van der Waals surface area contributed by atoms with Gasteiger partial charge in [-0.25, -0.2) is 4.98 Å². The van der Waals surface area contributed by atoms with Gasteiger partial charge in [-0.2, -0.15) is 0 Å². The van der Waals surface area contributed by atoms with E-state index in [1.165, 1.54) is 33.4 Å². The van der Waals surface area contributed by atoms with Gasteiger partial charge >= 0.3 is 0 Å². The first-order valence-corrected chi connectivity index (χ1v) is 18.6. The second kappa shape index (κ2) is 14.8. The molecule has 2 heterocycles. The van der Waals surface area contributed by atoms with Crippen molar-refractivity contribution in [1.29, 1.82) is 0 Å². The van der Waals surface area contributed by atoms with E-state index in [1.54, 1.807) is 0 Å². The minimum atomic E-state index is -0.633. The monoisotopic (exact) mass is 684 g/mol. The third-order valence-corrected chi connectivity index (χ3v) is 10.4. The van der Waals surface area contributed by atoms with Gasteiger partial charge in [0, 0.05) is 28.9 Å². The Hall–Kier alpha value is -6.25. The van der Waals surface area contributed by atoms with Crippen molar-refractivity contribution >= 4 is 22.3 Å². The highest BCUT2D eigenvalue weighted by atomic mass is 15.1. The summed E-state index contributed by atoms with van der Waals surface area (Å²) in [5, 5.41) is 1.12. The van der Waals surface area contributed by atoms with Gasteiger partial charge < -0.3 is 4.90 Å². The molecular formula is C51H44N2. The van der Waals surface area contributed by atoms with E-state index < -0.39 is 5.41 Å². The molecule has 0 amide bonds. The molecule has 258 valence electrons. The van der Waals surface area contributed by atoms with Gasteiger partial charge in [0.05, 0.1) is 16.6 Å². The molecule has 0 unspecified atom stereocenters. The fourth-order valence-corrected chi connectivity index (χ4v) is 7.98. The van der Waals surface area contributed by atoms with E-state index in [1.807, 2.05) is 0 Å². The fourth-order valence-electron chi connectivity index (χ4n) is 7.98. The summed E-state index contributed by atoms with van der Waals surface area (Å²) in [4.78, 5) is 7.71. The smallest absolute Gasteiger partial charge is 0.0717 e. The van der Waals surface area contributed by atoms with Crippen LogP contribution in [0.1, 0.15) is 36.1 Å². The number of pyridine rings is 1. The molecule has 7 aromatic rings. The zero-order valence-electron chi connectivity index (χ0n) is 30.5. The highest BCUT2D eigenvalue weighted by Crippen LogP contribution is 2.50. The average molecular weight is 685 g/mol. The second-order valence-corrected chi connectivity index (χ2v) is 14.3. The van der Waals surface area contributed by atoms with Gasteiger partial charge in [-0.05, 0) is 81.6 Å². The molecule has 0 saturated heterocycles. The minimum Gasteiger partial charge on any atom is -0.337 e. The van der Waals surface area contributed by atoms with Crippen molar-refractivity contribution in [1.82, 2.24) is 4.98 Å². The minimum absolute atomic E-state index is 0.617. The number of nitrogens with zero attached hydrogens (tertiary/aromatic N) is 2. The Labute approximate surface area is 314 Å². The average Bonchev–Trinajstić information content (AvgIpc) is 3.20. The Morgan fingerprint density at radius 2 is 1.30 bits per heavy atom. The largest absolute Gasteiger partial charge is 0.337 e. The molecule has 1 aliphatic rings. The van der Waals surface area contributed by atoms with Gasteiger partial charge in [-0.1, -0.05) is 178 Å². The van der Waals surface area contributed by atoms with Crippen LogP contribution in [0.2, 0.25) is 0 Å². The van der Waals surface area contributed by atoms with Crippen LogP contribution in [0.25, 0.3) is 33.3 Å². The lowest BCUT2D eigenvalue weighted by atomic mass is 9.64. The SMILES string of the molecule is C=C1/C=C\C=C/CN(c2ccc3nc(-c4ccc(CC(C)C)cc4)cc(-c4ccccc4)c3c2)c2ccccc2C1(c1ccccc1)c1ccccc1. The van der Waals surface area contributed by atoms with E-state index in [4.69, 9.17) is 11.6 Å². The maximum atomic E-state index is 5.27. The van der Waals surface area contributed by atoms with Gasteiger partial charge in [0.25, 0.3) is 0 Å². The standard InChI is InChI=1S/C51H44N2/c1-37(2)34-39-27-29-41(30-28-39)49-36-45(40-19-9-4-10-20-40)46-35-44(31-32-48(46)52-49)53-33-17-7-8-18-38(3)51(42-21-11-5-12-22-42,43-23-13-6-14-24-43)47-25-15-16-26-50(47)53/h4-32,35-37H,3,33-34H2,1-2H3/b17-7-,18-8-. The normalized spacial score (nSPS) is 15.2. The molecule has 0 aliphatic carbocycles. The van der Waals surface area contributed by atoms with Crippen molar-refractivity contribution in [2.45, 2.75) is 25.7 Å². The number of para-hydroxylation sites is 1. The fraction of sp³-hybridized carbons (Fsp3) is 0.118. The molecule has 53 heavy (non-hydrogen) atoms. The van der Waals surface area contributed by atoms with Gasteiger partial charge in [-0.3, -0.25) is 0 Å². The summed E-state index contributed by atoms with van der Waals surface area (Å²) in [5.41, 5.74) is 12.9. The van der Waals surface area contributed by atoms with Crippen LogP contribution in [0, 0.1) is 5.92 Å². The first-order valence-electron chi connectivity index (χ1n) is 18.6. The molecule has 0 saturated carbocycles. The summed E-state index contributed by atoms with van der Waals surface area (Å²) in [7, 11) is 0. The zero-order valence-corrected chi connectivity index (χ0v) is 30.5. The van der Waals surface area contributed by atoms with Gasteiger partial charge in [0.15, 0.2) is 0 Å². The number of aromatic nitrogens is 1. The maximum Gasteiger partial charge on any atom is 0.0717 e. The van der Waals surface area contributed by atoms with E-state index in [2.05, 4.69) is 207 Å². The van der Waals surface area contributed by atoms with E-state index >= 15 is 0 Å². The molecule has 0 fully saturated rings. The molecule has 2 nitrogen and oxygen atoms in total. The lowest BCUT2D eigenvalue weighted by Gasteiger charge is -2.40. The van der Waals surface area contributed by atoms with Crippen molar-refractivity contribution in [3.8, 4) is 22.4 Å². The van der Waals surface area contributed by atoms with E-state index in [9.17, 15) is 0 Å². The zero-order chi connectivity index (χ0) is 36.2. The molecule has 0 N–H and O–H groups in total. The summed E-state index contributed by atoms with van der Waals surface area (Å²) in [6.45, 7) is 10.00. The second-order valence-electron chi connectivity index (χ2n) is 14.3. The number of hydrogen-bond acceptors (Lipinski definition) is 2. The Morgan fingerprint density at radius 1 is 0.660 bits per heavy atom. The van der Waals surface area contributed by atoms with E-state index in [-0.39, 0.29) is 0 Å². The summed E-state index contributed by atoms with van der Waals surface area (Å²) in [5.74, 6) is 0.617. The van der Waals surface area contributed by atoms with E-state index in [0.717, 1.165) is 45.5 Å². The summed E-state index contributed by atoms with van der Waals surface area (Å²) < 4.78 is 0. The molecule has 0 spiro atoms. The van der Waals surface area contributed by atoms with Crippen molar-refractivity contribution in [2.24, 2.45) is 5.92 Å². The van der Waals surface area contributed by atoms with Crippen LogP contribution in [-0.4, -0.2) is 11.5 Å². The lowest BCUT2D eigenvalue weighted by molar-refractivity contribution is 0.647. The van der Waals surface area contributed by atoms with Crippen LogP contribution in [0.15, 0.2) is 200 Å². The van der Waals surface area contributed by atoms with Crippen molar-refractivity contribution in [2.75, 3.05) is 11.4 Å². The molecule has 1 aromatic heterocycles. The first-order chi connectivity index (χ1) is 26.0. The van der Waals surface area contributed by atoms with Crippen LogP contribution in [0.4, 0.5) is 11.4 Å². The molecular weight excluding hydrogens is 641 g/mol. The van der Waals surface area contributed by atoms with Crippen LogP contribution in [-0.2, 0) is 11.8 Å². The van der Waals surface area contributed by atoms with Gasteiger partial charge in [0.2, 0.25) is 0 Å². The maximum absolute atomic E-state index is 5.27. The third-order valence-electron chi connectivity index (χ3n) is 10.4. The number of fused-ring (bicyclic) bond motifs is 2. The van der Waals surface area contributed by atoms with Crippen molar-refractivity contribution in [3.63, 3.8) is 0 Å². The number of anilines is 2. The number of hydrogen-bond donors (Lipinski definition) is 0. The quantitative estimate of drug-likeness (QED) is 0.166. The van der Waals surface area contributed by atoms with E-state index in [0.29, 0.717) is 12.5 Å². The number of benzene rings is 6. The van der Waals surface area contributed by atoms with Crippen molar-refractivity contribution in [3.05, 3.63) is 223 Å². The summed E-state index contributed by atoms with van der Waals surface area (Å²) in [6, 6.07) is 59.1. The topological polar surface area (TPSA) is 16.1 Å². The van der Waals surface area contributed by atoms with Crippen LogP contribution >= 0.6 is 0 Å². The summed E-state index contributed by atoms with van der Waals surface area (Å²) in [6.07, 6.45) is 9.74. The van der Waals surface area contributed by atoms with Crippen LogP contribution in [0.5, 0.6) is 0 Å². The molecule has 0 radical (unpaired) electrons. The Balaban J connectivity index is 1.33. The molecule has 1 aliphatic heterocycles. The van der Waals surface area contributed by atoms with Crippen LogP contribution < -0.4 is 4.90 Å². The molecule has 2 heteroatoms. The Kier molecular flexibility index (Phi) is 9.44. The predicted molar refractivity (Wildman–Crippen MR) is 225 cm³/mol. The predicted octanol–water partition coefficient (Wildman–Crippen LogP) is 12.9. The first kappa shape index (κ1) is 33.9. The lowest BCUT2D eigenvalue weighted by Crippen LogP contribution is -2.33. The molecule has 6 aromatic carbocycles. The van der Waals surface area contributed by atoms with Crippen LogP contribution in [0.3, 0.4) is 0 Å². The van der Waals surface area contributed by atoms with Gasteiger partial charge in [0.1, 0.15) is 0 Å². The summed E-state index contributed by atoms with van der Waals surface area (Å²) >= 11 is 0. The van der Waals surface area contributed by atoms with Crippen molar-refractivity contribution < 1.29 is 0 Å². The molecule has 0 atom stereocenters. The third kappa shape index (κ3) is 6.54. The highest BCUT2D eigenvalue weighted by Gasteiger charge is 2.40. The Bertz CT molecular complexity index is 2380. The molecule has 8 rings (SSSR count). The number of allylic oxidation sites excluding steroid dienone is 4. The Morgan fingerprint density at radius 3 is 1.98 bits per heavy atom. The highest BCUT2D eigenvalue weighted by molar-refractivity contribution is 5.99.